The molecule has 5 heteroatoms. The fourth-order valence-electron chi connectivity index (χ4n) is 2.00. The molecule has 1 aromatic rings. The van der Waals surface area contributed by atoms with Gasteiger partial charge in [-0.2, -0.15) is 5.10 Å². The van der Waals surface area contributed by atoms with Crippen molar-refractivity contribution in [2.45, 2.75) is 45.6 Å². The Kier molecular flexibility index (Phi) is 5.63. The maximum absolute atomic E-state index is 10.4. The van der Waals surface area contributed by atoms with Crippen LogP contribution in [0, 0.1) is 6.92 Å². The summed E-state index contributed by atoms with van der Waals surface area (Å²) in [5, 5.41) is 18.6. The number of halogens is 1. The van der Waals surface area contributed by atoms with E-state index in [9.17, 15) is 5.11 Å². The predicted molar refractivity (Wildman–Crippen MR) is 75.1 cm³/mol. The summed E-state index contributed by atoms with van der Waals surface area (Å²) in [6, 6.07) is 0. The first-order chi connectivity index (χ1) is 8.37. The van der Waals surface area contributed by atoms with Crippen molar-refractivity contribution in [1.29, 1.82) is 0 Å². The zero-order valence-electron chi connectivity index (χ0n) is 11.8. The molecule has 104 valence electrons. The highest BCUT2D eigenvalue weighted by Crippen LogP contribution is 2.25. The fraction of sp³-hybridized carbons (Fsp3) is 0.769. The van der Waals surface area contributed by atoms with Crippen LogP contribution in [0.5, 0.6) is 0 Å². The normalized spacial score (nSPS) is 14.8. The first-order valence-corrected chi connectivity index (χ1v) is 6.86. The van der Waals surface area contributed by atoms with Crippen molar-refractivity contribution in [3.63, 3.8) is 0 Å². The molecular weight excluding hydrogens is 250 g/mol. The zero-order valence-corrected chi connectivity index (χ0v) is 12.5. The molecule has 1 rings (SSSR count). The van der Waals surface area contributed by atoms with E-state index in [-0.39, 0.29) is 0 Å². The van der Waals surface area contributed by atoms with Crippen molar-refractivity contribution in [3.05, 3.63) is 16.4 Å². The van der Waals surface area contributed by atoms with Gasteiger partial charge in [0.25, 0.3) is 0 Å². The van der Waals surface area contributed by atoms with E-state index in [2.05, 4.69) is 17.3 Å². The third-order valence-electron chi connectivity index (χ3n) is 3.09. The van der Waals surface area contributed by atoms with Crippen LogP contribution in [0.4, 0.5) is 0 Å². The number of hydrogen-bond acceptors (Lipinski definition) is 3. The maximum atomic E-state index is 10.4. The SMILES string of the molecule is CCCNCCC(C)(O)Cc1c(C)nn(C)c1Cl. The van der Waals surface area contributed by atoms with Gasteiger partial charge in [-0.25, -0.2) is 0 Å². The molecule has 0 saturated heterocycles. The summed E-state index contributed by atoms with van der Waals surface area (Å²) < 4.78 is 1.65. The zero-order chi connectivity index (χ0) is 13.8. The third kappa shape index (κ3) is 4.26. The molecule has 0 aromatic carbocycles. The summed E-state index contributed by atoms with van der Waals surface area (Å²) in [6.07, 6.45) is 2.35. The Labute approximate surface area is 114 Å². The Morgan fingerprint density at radius 2 is 2.11 bits per heavy atom. The first kappa shape index (κ1) is 15.5. The molecule has 1 heterocycles. The van der Waals surface area contributed by atoms with Crippen LogP contribution in [0.15, 0.2) is 0 Å². The van der Waals surface area contributed by atoms with Crippen LogP contribution in [0.2, 0.25) is 5.15 Å². The second kappa shape index (κ2) is 6.55. The number of nitrogens with zero attached hydrogens (tertiary/aromatic N) is 2. The molecule has 0 aliphatic carbocycles. The molecule has 4 nitrogen and oxygen atoms in total. The number of aliphatic hydroxyl groups is 1. The van der Waals surface area contributed by atoms with E-state index in [0.29, 0.717) is 18.0 Å². The molecule has 0 amide bonds. The maximum Gasteiger partial charge on any atom is 0.130 e. The third-order valence-corrected chi connectivity index (χ3v) is 3.57. The van der Waals surface area contributed by atoms with Crippen molar-refractivity contribution in [3.8, 4) is 0 Å². The van der Waals surface area contributed by atoms with E-state index in [1.165, 1.54) is 0 Å². The van der Waals surface area contributed by atoms with E-state index >= 15 is 0 Å². The molecule has 1 atom stereocenters. The molecule has 0 spiro atoms. The molecule has 0 aliphatic rings. The summed E-state index contributed by atoms with van der Waals surface area (Å²) in [6.45, 7) is 7.71. The second-order valence-electron chi connectivity index (χ2n) is 5.15. The lowest BCUT2D eigenvalue weighted by molar-refractivity contribution is 0.0514. The summed E-state index contributed by atoms with van der Waals surface area (Å²) in [7, 11) is 1.82. The number of rotatable bonds is 7. The Balaban J connectivity index is 2.58. The van der Waals surface area contributed by atoms with Crippen molar-refractivity contribution in [2.24, 2.45) is 7.05 Å². The van der Waals surface area contributed by atoms with Crippen LogP contribution < -0.4 is 5.32 Å². The number of aryl methyl sites for hydroxylation is 2. The van der Waals surface area contributed by atoms with E-state index in [0.717, 1.165) is 30.8 Å². The highest BCUT2D eigenvalue weighted by Gasteiger charge is 2.24. The van der Waals surface area contributed by atoms with Gasteiger partial charge in [-0.05, 0) is 39.8 Å². The van der Waals surface area contributed by atoms with E-state index in [4.69, 9.17) is 11.6 Å². The van der Waals surface area contributed by atoms with Crippen molar-refractivity contribution < 1.29 is 5.11 Å². The van der Waals surface area contributed by atoms with Gasteiger partial charge in [0.1, 0.15) is 5.15 Å². The molecular formula is C13H24ClN3O. The Morgan fingerprint density at radius 1 is 1.44 bits per heavy atom. The minimum atomic E-state index is -0.752. The van der Waals surface area contributed by atoms with E-state index in [1.54, 1.807) is 4.68 Å². The molecule has 0 saturated carbocycles. The lowest BCUT2D eigenvalue weighted by Crippen LogP contribution is -2.32. The van der Waals surface area contributed by atoms with Gasteiger partial charge in [0.15, 0.2) is 0 Å². The van der Waals surface area contributed by atoms with Crippen molar-refractivity contribution in [1.82, 2.24) is 15.1 Å². The minimum Gasteiger partial charge on any atom is -0.390 e. The van der Waals surface area contributed by atoms with Gasteiger partial charge in [-0.3, -0.25) is 4.68 Å². The van der Waals surface area contributed by atoms with Gasteiger partial charge >= 0.3 is 0 Å². The number of aromatic nitrogens is 2. The molecule has 0 bridgehead atoms. The van der Waals surface area contributed by atoms with Gasteiger partial charge < -0.3 is 10.4 Å². The Bertz CT molecular complexity index is 388. The first-order valence-electron chi connectivity index (χ1n) is 6.48. The van der Waals surface area contributed by atoms with Crippen LogP contribution in [0.25, 0.3) is 0 Å². The largest absolute Gasteiger partial charge is 0.390 e. The number of nitrogens with one attached hydrogen (secondary N) is 1. The summed E-state index contributed by atoms with van der Waals surface area (Å²) >= 11 is 6.18. The fourth-order valence-corrected chi connectivity index (χ4v) is 2.24. The highest BCUT2D eigenvalue weighted by molar-refractivity contribution is 6.30. The number of hydrogen-bond donors (Lipinski definition) is 2. The van der Waals surface area contributed by atoms with Crippen LogP contribution >= 0.6 is 11.6 Å². The standard InChI is InChI=1S/C13H24ClN3O/c1-5-7-15-8-6-13(3,18)9-11-10(2)16-17(4)12(11)14/h15,18H,5-9H2,1-4H3. The predicted octanol–water partition coefficient (Wildman–Crippen LogP) is 2.07. The lowest BCUT2D eigenvalue weighted by Gasteiger charge is -2.23. The minimum absolute atomic E-state index is 0.541. The average molecular weight is 274 g/mol. The molecule has 18 heavy (non-hydrogen) atoms. The smallest absolute Gasteiger partial charge is 0.130 e. The van der Waals surface area contributed by atoms with Crippen LogP contribution in [0.1, 0.15) is 37.9 Å². The summed E-state index contributed by atoms with van der Waals surface area (Å²) in [5.74, 6) is 0. The lowest BCUT2D eigenvalue weighted by atomic mass is 9.93. The molecule has 1 unspecified atom stereocenters. The molecule has 0 fully saturated rings. The highest BCUT2D eigenvalue weighted by atomic mass is 35.5. The van der Waals surface area contributed by atoms with Crippen LogP contribution in [-0.4, -0.2) is 33.6 Å². The Hall–Kier alpha value is -0.580. The molecule has 1 aromatic heterocycles. The van der Waals surface area contributed by atoms with Crippen molar-refractivity contribution in [2.75, 3.05) is 13.1 Å². The van der Waals surface area contributed by atoms with Crippen LogP contribution in [0.3, 0.4) is 0 Å². The van der Waals surface area contributed by atoms with Crippen molar-refractivity contribution >= 4 is 11.6 Å². The average Bonchev–Trinajstić information content (AvgIpc) is 2.51. The molecule has 0 aliphatic heterocycles. The Morgan fingerprint density at radius 3 is 2.61 bits per heavy atom. The van der Waals surface area contributed by atoms with Crippen LogP contribution in [-0.2, 0) is 13.5 Å². The van der Waals surface area contributed by atoms with Gasteiger partial charge in [-0.1, -0.05) is 18.5 Å². The second-order valence-corrected chi connectivity index (χ2v) is 5.51. The van der Waals surface area contributed by atoms with Gasteiger partial charge in [0, 0.05) is 19.0 Å². The van der Waals surface area contributed by atoms with E-state index in [1.807, 2.05) is 20.9 Å². The summed E-state index contributed by atoms with van der Waals surface area (Å²) in [4.78, 5) is 0. The quantitative estimate of drug-likeness (QED) is 0.748. The van der Waals surface area contributed by atoms with E-state index < -0.39 is 5.60 Å². The van der Waals surface area contributed by atoms with Gasteiger partial charge in [0.2, 0.25) is 0 Å². The molecule has 2 N–H and O–H groups in total. The van der Waals surface area contributed by atoms with Gasteiger partial charge in [-0.15, -0.1) is 0 Å². The topological polar surface area (TPSA) is 50.1 Å². The molecule has 0 radical (unpaired) electrons. The summed E-state index contributed by atoms with van der Waals surface area (Å²) in [5.41, 5.74) is 1.09. The monoisotopic (exact) mass is 273 g/mol. The van der Waals surface area contributed by atoms with Gasteiger partial charge in [0.05, 0.1) is 11.3 Å².